The topological polar surface area (TPSA) is 46.3 Å². The molecule has 1 N–H and O–H groups in total. The van der Waals surface area contributed by atoms with Crippen LogP contribution in [0.1, 0.15) is 20.8 Å². The van der Waals surface area contributed by atoms with E-state index in [1.165, 1.54) is 18.0 Å². The van der Waals surface area contributed by atoms with E-state index < -0.39 is 5.60 Å². The highest BCUT2D eigenvalue weighted by Crippen LogP contribution is 2.25. The highest BCUT2D eigenvalue weighted by Gasteiger charge is 2.25. The van der Waals surface area contributed by atoms with Crippen LogP contribution >= 0.6 is 11.8 Å². The van der Waals surface area contributed by atoms with Gasteiger partial charge in [0, 0.05) is 5.75 Å². The lowest BCUT2D eigenvalue weighted by Crippen LogP contribution is -2.33. The summed E-state index contributed by atoms with van der Waals surface area (Å²) >= 11 is 1.43. The average Bonchev–Trinajstić information content (AvgIpc) is 2.52. The van der Waals surface area contributed by atoms with Gasteiger partial charge in [0.05, 0.1) is 11.8 Å². The molecule has 0 aliphatic heterocycles. The van der Waals surface area contributed by atoms with Gasteiger partial charge in [-0.3, -0.25) is 0 Å². The van der Waals surface area contributed by atoms with Crippen molar-refractivity contribution in [1.82, 2.24) is 4.98 Å². The summed E-state index contributed by atoms with van der Waals surface area (Å²) in [6, 6.07) is 0. The third-order valence-corrected chi connectivity index (χ3v) is 3.32. The second kappa shape index (κ2) is 4.15. The number of aromatic nitrogens is 1. The van der Waals surface area contributed by atoms with Crippen molar-refractivity contribution in [3.63, 3.8) is 0 Å². The molecule has 0 aliphatic rings. The first-order valence-corrected chi connectivity index (χ1v) is 5.25. The van der Waals surface area contributed by atoms with Gasteiger partial charge in [-0.15, -0.1) is 0 Å². The van der Waals surface area contributed by atoms with E-state index in [4.69, 9.17) is 4.42 Å². The number of aliphatic hydroxyl groups is 1. The van der Waals surface area contributed by atoms with Crippen LogP contribution < -0.4 is 0 Å². The minimum atomic E-state index is -0.668. The molecule has 0 saturated carbocycles. The van der Waals surface area contributed by atoms with Crippen LogP contribution in [0.3, 0.4) is 0 Å². The van der Waals surface area contributed by atoms with Crippen LogP contribution in [0.2, 0.25) is 0 Å². The van der Waals surface area contributed by atoms with Crippen LogP contribution in [0.15, 0.2) is 22.1 Å². The molecule has 1 unspecified atom stereocenters. The summed E-state index contributed by atoms with van der Waals surface area (Å²) in [6.07, 6.45) is 3.14. The second-order valence-electron chi connectivity index (χ2n) is 3.60. The maximum atomic E-state index is 9.90. The van der Waals surface area contributed by atoms with Crippen molar-refractivity contribution >= 4 is 11.8 Å². The van der Waals surface area contributed by atoms with Gasteiger partial charge in [-0.1, -0.05) is 25.6 Å². The molecule has 1 rings (SSSR count). The summed E-state index contributed by atoms with van der Waals surface area (Å²) in [7, 11) is 0. The molecule has 0 bridgehead atoms. The summed E-state index contributed by atoms with van der Waals surface area (Å²) in [5.74, 6) is 0.834. The molecule has 1 atom stereocenters. The van der Waals surface area contributed by atoms with Gasteiger partial charge < -0.3 is 9.52 Å². The zero-order chi connectivity index (χ0) is 9.90. The van der Waals surface area contributed by atoms with Gasteiger partial charge in [0.15, 0.2) is 0 Å². The van der Waals surface area contributed by atoms with Crippen LogP contribution in [-0.2, 0) is 0 Å². The Morgan fingerprint density at radius 1 is 1.69 bits per heavy atom. The number of oxazole rings is 1. The van der Waals surface area contributed by atoms with Gasteiger partial charge in [0.1, 0.15) is 6.26 Å². The van der Waals surface area contributed by atoms with Crippen LogP contribution in [0, 0.1) is 5.92 Å². The Morgan fingerprint density at radius 3 is 2.85 bits per heavy atom. The summed E-state index contributed by atoms with van der Waals surface area (Å²) < 4.78 is 5.05. The van der Waals surface area contributed by atoms with Gasteiger partial charge in [0.25, 0.3) is 5.22 Å². The number of thioether (sulfide) groups is 1. The van der Waals surface area contributed by atoms with Gasteiger partial charge in [-0.2, -0.15) is 0 Å². The van der Waals surface area contributed by atoms with Crippen molar-refractivity contribution in [1.29, 1.82) is 0 Å². The first kappa shape index (κ1) is 10.6. The van der Waals surface area contributed by atoms with E-state index in [1.54, 1.807) is 6.20 Å². The van der Waals surface area contributed by atoms with Crippen LogP contribution in [0.5, 0.6) is 0 Å². The van der Waals surface area contributed by atoms with Crippen molar-refractivity contribution in [3.8, 4) is 0 Å². The normalized spacial score (nSPS) is 16.1. The Balaban J connectivity index is 2.42. The molecule has 0 spiro atoms. The summed E-state index contributed by atoms with van der Waals surface area (Å²) in [6.45, 7) is 5.82. The lowest BCUT2D eigenvalue weighted by molar-refractivity contribution is 0.0374. The fraction of sp³-hybridized carbons (Fsp3) is 0.667. The van der Waals surface area contributed by atoms with Crippen molar-refractivity contribution in [3.05, 3.63) is 12.5 Å². The molecule has 0 radical (unpaired) electrons. The molecular weight excluding hydrogens is 186 g/mol. The Kier molecular flexibility index (Phi) is 3.39. The molecule has 0 fully saturated rings. The molecule has 0 aromatic carbocycles. The second-order valence-corrected chi connectivity index (χ2v) is 4.53. The van der Waals surface area contributed by atoms with E-state index in [1.807, 2.05) is 20.8 Å². The lowest BCUT2D eigenvalue weighted by atomic mass is 9.95. The molecule has 13 heavy (non-hydrogen) atoms. The third-order valence-electron chi connectivity index (χ3n) is 2.14. The molecule has 1 aromatic heterocycles. The molecule has 1 heterocycles. The fourth-order valence-corrected chi connectivity index (χ4v) is 1.66. The Morgan fingerprint density at radius 2 is 2.38 bits per heavy atom. The zero-order valence-electron chi connectivity index (χ0n) is 8.15. The van der Waals surface area contributed by atoms with Crippen molar-refractivity contribution in [2.45, 2.75) is 31.6 Å². The van der Waals surface area contributed by atoms with Crippen molar-refractivity contribution in [2.24, 2.45) is 5.92 Å². The molecule has 0 amide bonds. The number of hydrogen-bond donors (Lipinski definition) is 1. The van der Waals surface area contributed by atoms with Gasteiger partial charge in [-0.05, 0) is 12.8 Å². The molecule has 1 aromatic rings. The number of hydrogen-bond acceptors (Lipinski definition) is 4. The van der Waals surface area contributed by atoms with E-state index in [9.17, 15) is 5.11 Å². The van der Waals surface area contributed by atoms with Crippen LogP contribution in [0.4, 0.5) is 0 Å². The predicted molar refractivity (Wildman–Crippen MR) is 52.7 cm³/mol. The third kappa shape index (κ3) is 3.04. The standard InChI is InChI=1S/C9H15NO2S/c1-7(2)9(3,11)6-13-8-10-4-5-12-8/h4-5,7,11H,6H2,1-3H3. The quantitative estimate of drug-likeness (QED) is 0.758. The van der Waals surface area contributed by atoms with Gasteiger partial charge in [0.2, 0.25) is 0 Å². The summed E-state index contributed by atoms with van der Waals surface area (Å²) in [4.78, 5) is 3.96. The smallest absolute Gasteiger partial charge is 0.255 e. The highest BCUT2D eigenvalue weighted by atomic mass is 32.2. The Hall–Kier alpha value is -0.480. The van der Waals surface area contributed by atoms with Crippen molar-refractivity contribution < 1.29 is 9.52 Å². The fourth-order valence-electron chi connectivity index (χ4n) is 0.656. The minimum Gasteiger partial charge on any atom is -0.440 e. The number of rotatable bonds is 4. The van der Waals surface area contributed by atoms with Crippen LogP contribution in [0.25, 0.3) is 0 Å². The zero-order valence-corrected chi connectivity index (χ0v) is 8.97. The van der Waals surface area contributed by atoms with Crippen LogP contribution in [-0.4, -0.2) is 21.4 Å². The molecule has 74 valence electrons. The van der Waals surface area contributed by atoms with E-state index in [-0.39, 0.29) is 5.92 Å². The van der Waals surface area contributed by atoms with Gasteiger partial charge >= 0.3 is 0 Å². The lowest BCUT2D eigenvalue weighted by Gasteiger charge is -2.26. The summed E-state index contributed by atoms with van der Waals surface area (Å²) in [5, 5.41) is 10.5. The molecule has 4 heteroatoms. The van der Waals surface area contributed by atoms with Gasteiger partial charge in [-0.25, -0.2) is 4.98 Å². The molecule has 0 saturated heterocycles. The maximum Gasteiger partial charge on any atom is 0.255 e. The number of nitrogens with zero attached hydrogens (tertiary/aromatic N) is 1. The molecule has 0 aliphatic carbocycles. The highest BCUT2D eigenvalue weighted by molar-refractivity contribution is 7.99. The molecular formula is C9H15NO2S. The predicted octanol–water partition coefficient (Wildman–Crippen LogP) is 2.17. The van der Waals surface area contributed by atoms with E-state index >= 15 is 0 Å². The minimum absolute atomic E-state index is 0.231. The van der Waals surface area contributed by atoms with Crippen molar-refractivity contribution in [2.75, 3.05) is 5.75 Å². The summed E-state index contributed by atoms with van der Waals surface area (Å²) in [5.41, 5.74) is -0.668. The van der Waals surface area contributed by atoms with E-state index in [2.05, 4.69) is 4.98 Å². The first-order chi connectivity index (χ1) is 6.02. The Bertz CT molecular complexity index is 244. The van der Waals surface area contributed by atoms with E-state index in [0.717, 1.165) is 0 Å². The van der Waals surface area contributed by atoms with E-state index in [0.29, 0.717) is 11.0 Å². The average molecular weight is 201 g/mol. The largest absolute Gasteiger partial charge is 0.440 e. The monoisotopic (exact) mass is 201 g/mol. The Labute approximate surface area is 82.6 Å². The SMILES string of the molecule is CC(C)C(C)(O)CSc1ncco1. The maximum absolute atomic E-state index is 9.90. The first-order valence-electron chi connectivity index (χ1n) is 4.27. The molecule has 3 nitrogen and oxygen atoms in total.